The standard InChI is InChI=1S/C21H16FN5O3/c1-13-3-2-4-16(9-13)23-21-24-20(25-26-21)14-5-7-18(8-6-14)30-19-11-15(22)10-17(12-19)27(28)29/h2-12H,1H3,(H2,23,24,25,26). The quantitative estimate of drug-likeness (QED) is 0.330. The third-order valence-electron chi connectivity index (χ3n) is 4.19. The Morgan fingerprint density at radius 3 is 2.60 bits per heavy atom. The van der Waals surface area contributed by atoms with Crippen LogP contribution < -0.4 is 10.1 Å². The Bertz CT molecular complexity index is 1210. The van der Waals surface area contributed by atoms with Crippen LogP contribution in [0.3, 0.4) is 0 Å². The lowest BCUT2D eigenvalue weighted by molar-refractivity contribution is -0.385. The van der Waals surface area contributed by atoms with E-state index in [4.69, 9.17) is 4.74 Å². The molecule has 4 rings (SSSR count). The number of nitrogens with one attached hydrogen (secondary N) is 2. The van der Waals surface area contributed by atoms with Crippen LogP contribution in [-0.2, 0) is 0 Å². The second kappa shape index (κ2) is 8.00. The highest BCUT2D eigenvalue weighted by Crippen LogP contribution is 2.28. The molecule has 9 heteroatoms. The molecular weight excluding hydrogens is 389 g/mol. The van der Waals surface area contributed by atoms with Crippen molar-refractivity contribution in [2.24, 2.45) is 0 Å². The number of aryl methyl sites for hydroxylation is 1. The maximum absolute atomic E-state index is 13.5. The molecular formula is C21H16FN5O3. The number of nitro benzene ring substituents is 1. The zero-order valence-electron chi connectivity index (χ0n) is 15.8. The summed E-state index contributed by atoms with van der Waals surface area (Å²) in [6.45, 7) is 2.00. The van der Waals surface area contributed by atoms with Gasteiger partial charge >= 0.3 is 0 Å². The predicted molar refractivity (Wildman–Crippen MR) is 109 cm³/mol. The summed E-state index contributed by atoms with van der Waals surface area (Å²) in [5.74, 6) is 0.683. The van der Waals surface area contributed by atoms with E-state index in [1.54, 1.807) is 24.3 Å². The number of aromatic nitrogens is 3. The number of ether oxygens (including phenoxy) is 1. The van der Waals surface area contributed by atoms with Gasteiger partial charge in [-0.3, -0.25) is 15.2 Å². The van der Waals surface area contributed by atoms with Crippen LogP contribution in [0.4, 0.5) is 21.7 Å². The van der Waals surface area contributed by atoms with E-state index in [9.17, 15) is 14.5 Å². The monoisotopic (exact) mass is 405 g/mol. The van der Waals surface area contributed by atoms with Gasteiger partial charge < -0.3 is 10.1 Å². The van der Waals surface area contributed by atoms with Gasteiger partial charge in [0.05, 0.1) is 17.1 Å². The predicted octanol–water partition coefficient (Wildman–Crippen LogP) is 5.36. The summed E-state index contributed by atoms with van der Waals surface area (Å²) in [6, 6.07) is 17.7. The zero-order valence-corrected chi connectivity index (χ0v) is 15.8. The highest BCUT2D eigenvalue weighted by atomic mass is 19.1. The second-order valence-corrected chi connectivity index (χ2v) is 6.53. The third-order valence-corrected chi connectivity index (χ3v) is 4.19. The molecule has 0 saturated carbocycles. The van der Waals surface area contributed by atoms with E-state index in [2.05, 4.69) is 20.5 Å². The molecule has 0 bridgehead atoms. The molecule has 0 saturated heterocycles. The van der Waals surface area contributed by atoms with Crippen LogP contribution >= 0.6 is 0 Å². The van der Waals surface area contributed by atoms with Crippen molar-refractivity contribution in [3.8, 4) is 22.9 Å². The van der Waals surface area contributed by atoms with Gasteiger partial charge in [0.1, 0.15) is 17.3 Å². The van der Waals surface area contributed by atoms with Crippen molar-refractivity contribution in [3.63, 3.8) is 0 Å². The van der Waals surface area contributed by atoms with Gasteiger partial charge in [-0.15, -0.1) is 5.10 Å². The average molecular weight is 405 g/mol. The summed E-state index contributed by atoms with van der Waals surface area (Å²) in [4.78, 5) is 14.6. The van der Waals surface area contributed by atoms with Crippen molar-refractivity contribution in [3.05, 3.63) is 88.2 Å². The van der Waals surface area contributed by atoms with Crippen LogP contribution in [0, 0.1) is 22.9 Å². The zero-order chi connectivity index (χ0) is 21.1. The van der Waals surface area contributed by atoms with Crippen molar-refractivity contribution < 1.29 is 14.1 Å². The van der Waals surface area contributed by atoms with Crippen LogP contribution in [-0.4, -0.2) is 20.1 Å². The summed E-state index contributed by atoms with van der Waals surface area (Å²) >= 11 is 0. The fraction of sp³-hybridized carbons (Fsp3) is 0.0476. The van der Waals surface area contributed by atoms with Crippen molar-refractivity contribution in [2.75, 3.05) is 5.32 Å². The number of anilines is 2. The maximum atomic E-state index is 13.5. The molecule has 0 aliphatic rings. The van der Waals surface area contributed by atoms with Crippen LogP contribution in [0.15, 0.2) is 66.7 Å². The van der Waals surface area contributed by atoms with Crippen molar-refractivity contribution in [1.82, 2.24) is 15.2 Å². The minimum Gasteiger partial charge on any atom is -0.457 e. The van der Waals surface area contributed by atoms with Gasteiger partial charge in [0.15, 0.2) is 5.82 Å². The molecule has 150 valence electrons. The van der Waals surface area contributed by atoms with E-state index in [0.29, 0.717) is 17.5 Å². The lowest BCUT2D eigenvalue weighted by Gasteiger charge is -2.06. The molecule has 4 aromatic rings. The molecule has 0 fully saturated rings. The van der Waals surface area contributed by atoms with E-state index >= 15 is 0 Å². The summed E-state index contributed by atoms with van der Waals surface area (Å²) in [7, 11) is 0. The number of hydrogen-bond acceptors (Lipinski definition) is 6. The van der Waals surface area contributed by atoms with Crippen LogP contribution in [0.5, 0.6) is 11.5 Å². The molecule has 1 heterocycles. The lowest BCUT2D eigenvalue weighted by Crippen LogP contribution is -1.92. The number of rotatable bonds is 6. The van der Waals surface area contributed by atoms with Crippen molar-refractivity contribution in [1.29, 1.82) is 0 Å². The molecule has 0 atom stereocenters. The Balaban J connectivity index is 1.48. The number of nitro groups is 1. The van der Waals surface area contributed by atoms with Gasteiger partial charge in [-0.25, -0.2) is 4.39 Å². The summed E-state index contributed by atoms with van der Waals surface area (Å²) in [6.07, 6.45) is 0. The second-order valence-electron chi connectivity index (χ2n) is 6.53. The number of benzene rings is 3. The fourth-order valence-corrected chi connectivity index (χ4v) is 2.83. The molecule has 0 aliphatic heterocycles. The molecule has 3 aromatic carbocycles. The van der Waals surface area contributed by atoms with Crippen molar-refractivity contribution >= 4 is 17.3 Å². The summed E-state index contributed by atoms with van der Waals surface area (Å²) < 4.78 is 19.1. The van der Waals surface area contributed by atoms with E-state index in [1.165, 1.54) is 0 Å². The van der Waals surface area contributed by atoms with E-state index < -0.39 is 10.7 Å². The fourth-order valence-electron chi connectivity index (χ4n) is 2.83. The summed E-state index contributed by atoms with van der Waals surface area (Å²) in [5, 5.41) is 21.0. The molecule has 8 nitrogen and oxygen atoms in total. The van der Waals surface area contributed by atoms with Gasteiger partial charge in [0, 0.05) is 17.3 Å². The number of non-ortho nitro benzene ring substituents is 1. The number of aromatic amines is 1. The first-order valence-corrected chi connectivity index (χ1v) is 8.96. The Kier molecular flexibility index (Phi) is 5.08. The summed E-state index contributed by atoms with van der Waals surface area (Å²) in [5.41, 5.74) is 2.39. The Morgan fingerprint density at radius 1 is 1.07 bits per heavy atom. The number of H-pyrrole nitrogens is 1. The van der Waals surface area contributed by atoms with E-state index in [-0.39, 0.29) is 11.4 Å². The number of nitrogens with zero attached hydrogens (tertiary/aromatic N) is 3. The molecule has 0 aliphatic carbocycles. The topological polar surface area (TPSA) is 106 Å². The molecule has 1 aromatic heterocycles. The van der Waals surface area contributed by atoms with Crippen LogP contribution in [0.1, 0.15) is 5.56 Å². The lowest BCUT2D eigenvalue weighted by atomic mass is 10.2. The third kappa shape index (κ3) is 4.41. The molecule has 30 heavy (non-hydrogen) atoms. The van der Waals surface area contributed by atoms with Crippen molar-refractivity contribution in [2.45, 2.75) is 6.92 Å². The maximum Gasteiger partial charge on any atom is 0.276 e. The van der Waals surface area contributed by atoms with Gasteiger partial charge in [0.2, 0.25) is 5.95 Å². The molecule has 0 spiro atoms. The minimum atomic E-state index is -0.744. The molecule has 0 unspecified atom stereocenters. The highest BCUT2D eigenvalue weighted by Gasteiger charge is 2.12. The average Bonchev–Trinajstić information content (AvgIpc) is 3.16. The van der Waals surface area contributed by atoms with Gasteiger partial charge in [-0.1, -0.05) is 12.1 Å². The first kappa shape index (κ1) is 19.1. The number of halogens is 1. The first-order valence-electron chi connectivity index (χ1n) is 8.96. The van der Waals surface area contributed by atoms with E-state index in [1.807, 2.05) is 31.2 Å². The van der Waals surface area contributed by atoms with E-state index in [0.717, 1.165) is 35.0 Å². The molecule has 0 radical (unpaired) electrons. The van der Waals surface area contributed by atoms with Crippen LogP contribution in [0.2, 0.25) is 0 Å². The minimum absolute atomic E-state index is 0.0405. The molecule has 0 amide bonds. The Hall–Kier alpha value is -4.27. The highest BCUT2D eigenvalue weighted by molar-refractivity contribution is 5.60. The Labute approximate surface area is 170 Å². The SMILES string of the molecule is Cc1cccc(Nc2n[nH]c(-c3ccc(Oc4cc(F)cc([N+](=O)[O-])c4)cc3)n2)c1. The smallest absolute Gasteiger partial charge is 0.276 e. The number of hydrogen-bond donors (Lipinski definition) is 2. The van der Waals surface area contributed by atoms with Gasteiger partial charge in [-0.05, 0) is 48.9 Å². The normalized spacial score (nSPS) is 10.6. The first-order chi connectivity index (χ1) is 14.5. The molecule has 2 N–H and O–H groups in total. The van der Waals surface area contributed by atoms with Gasteiger partial charge in [0.25, 0.3) is 5.69 Å². The van der Waals surface area contributed by atoms with Gasteiger partial charge in [-0.2, -0.15) is 4.98 Å². The van der Waals surface area contributed by atoms with Crippen LogP contribution in [0.25, 0.3) is 11.4 Å². The largest absolute Gasteiger partial charge is 0.457 e. The Morgan fingerprint density at radius 2 is 1.87 bits per heavy atom.